The van der Waals surface area contributed by atoms with E-state index in [1.54, 1.807) is 4.90 Å². The zero-order chi connectivity index (χ0) is 26.6. The Morgan fingerprint density at radius 3 is 2.79 bits per heavy atom. The highest BCUT2D eigenvalue weighted by Crippen LogP contribution is 2.34. The monoisotopic (exact) mass is 591 g/mol. The van der Waals surface area contributed by atoms with E-state index in [0.717, 1.165) is 46.0 Å². The summed E-state index contributed by atoms with van der Waals surface area (Å²) in [7, 11) is 3.70. The fourth-order valence-electron chi connectivity index (χ4n) is 4.91. The molecule has 1 amide bonds. The van der Waals surface area contributed by atoms with Crippen LogP contribution in [0.25, 0.3) is 33.1 Å². The van der Waals surface area contributed by atoms with E-state index in [9.17, 15) is 4.79 Å². The third-order valence-corrected chi connectivity index (χ3v) is 7.87. The zero-order valence-corrected chi connectivity index (χ0v) is 24.0. The number of piperidine rings is 1. The van der Waals surface area contributed by atoms with Gasteiger partial charge in [0, 0.05) is 58.2 Å². The second-order valence-corrected chi connectivity index (χ2v) is 11.1. The molecule has 1 aliphatic rings. The maximum absolute atomic E-state index is 13.7. The topological polar surface area (TPSA) is 64.3 Å². The number of hydrogen-bond donors (Lipinski definition) is 2. The third-order valence-electron chi connectivity index (χ3n) is 7.07. The van der Waals surface area contributed by atoms with Crippen LogP contribution in [-0.2, 0) is 0 Å². The van der Waals surface area contributed by atoms with Gasteiger partial charge in [-0.25, -0.2) is 4.98 Å². The Labute approximate surface area is 236 Å². The predicted octanol–water partition coefficient (Wildman–Crippen LogP) is 5.93. The van der Waals surface area contributed by atoms with Crippen LogP contribution >= 0.6 is 27.5 Å². The number of halogens is 2. The minimum Gasteiger partial charge on any atom is -0.360 e. The van der Waals surface area contributed by atoms with Crippen LogP contribution in [0.15, 0.2) is 47.1 Å². The van der Waals surface area contributed by atoms with Crippen LogP contribution in [0, 0.1) is 11.8 Å². The van der Waals surface area contributed by atoms with Crippen LogP contribution in [0.5, 0.6) is 0 Å². The molecule has 38 heavy (non-hydrogen) atoms. The molecule has 1 aliphatic heterocycles. The van der Waals surface area contributed by atoms with Crippen LogP contribution in [0.2, 0.25) is 5.02 Å². The van der Waals surface area contributed by atoms with E-state index in [-0.39, 0.29) is 5.91 Å². The number of carbonyl (C=O) groups is 1. The number of pyridine rings is 1. The highest BCUT2D eigenvalue weighted by atomic mass is 79.9. The number of aromatic amines is 1. The van der Waals surface area contributed by atoms with Crippen LogP contribution in [0.3, 0.4) is 0 Å². The summed E-state index contributed by atoms with van der Waals surface area (Å²) >= 11 is 10.3. The molecule has 0 unspecified atom stereocenters. The normalized spacial score (nSPS) is 14.0. The lowest BCUT2D eigenvalue weighted by atomic mass is 10.0. The summed E-state index contributed by atoms with van der Waals surface area (Å²) in [5, 5.41) is 5.43. The predicted molar refractivity (Wildman–Crippen MR) is 160 cm³/mol. The SMILES string of the molecule is CNCCN(C)C(=O)c1cc(-c2c[nH]c3ccc(Br)cc23)nc2cc(Cl)c(C#CCN3CCCCC3)cc12. The number of nitrogens with zero attached hydrogens (tertiary/aromatic N) is 3. The number of carbonyl (C=O) groups excluding carboxylic acids is 1. The molecule has 4 aromatic rings. The molecular formula is C30H31BrClN5O. The molecule has 2 N–H and O–H groups in total. The summed E-state index contributed by atoms with van der Waals surface area (Å²) in [5.41, 5.74) is 4.62. The van der Waals surface area contributed by atoms with Crippen molar-refractivity contribution in [3.05, 3.63) is 63.2 Å². The third kappa shape index (κ3) is 5.74. The lowest BCUT2D eigenvalue weighted by Gasteiger charge is -2.23. The first-order valence-electron chi connectivity index (χ1n) is 13.0. The van der Waals surface area contributed by atoms with Gasteiger partial charge in [-0.2, -0.15) is 0 Å². The van der Waals surface area contributed by atoms with E-state index in [0.29, 0.717) is 40.4 Å². The maximum atomic E-state index is 13.7. The lowest BCUT2D eigenvalue weighted by Crippen LogP contribution is -2.33. The first-order chi connectivity index (χ1) is 18.4. The van der Waals surface area contributed by atoms with Crippen molar-refractivity contribution in [3.63, 3.8) is 0 Å². The lowest BCUT2D eigenvalue weighted by molar-refractivity contribution is 0.0798. The van der Waals surface area contributed by atoms with Crippen LogP contribution in [0.1, 0.15) is 35.2 Å². The van der Waals surface area contributed by atoms with Crippen LogP contribution < -0.4 is 5.32 Å². The van der Waals surface area contributed by atoms with E-state index in [4.69, 9.17) is 16.6 Å². The van der Waals surface area contributed by atoms with Gasteiger partial charge in [-0.3, -0.25) is 9.69 Å². The van der Waals surface area contributed by atoms with Crippen molar-refractivity contribution in [2.24, 2.45) is 0 Å². The summed E-state index contributed by atoms with van der Waals surface area (Å²) in [6.45, 7) is 4.20. The van der Waals surface area contributed by atoms with Crippen molar-refractivity contribution < 1.29 is 4.79 Å². The summed E-state index contributed by atoms with van der Waals surface area (Å²) < 4.78 is 0.977. The minimum absolute atomic E-state index is 0.0653. The summed E-state index contributed by atoms with van der Waals surface area (Å²) in [6.07, 6.45) is 5.69. The van der Waals surface area contributed by atoms with Crippen molar-refractivity contribution in [1.29, 1.82) is 0 Å². The minimum atomic E-state index is -0.0653. The Bertz CT molecular complexity index is 1550. The van der Waals surface area contributed by atoms with E-state index in [1.807, 2.05) is 50.6 Å². The standard InChI is InChI=1S/C30H31BrClN5O/c1-33-10-14-36(2)30(38)24-17-28(25-19-34-27-9-8-21(31)16-23(25)27)35-29-18-26(32)20(15-22(24)29)7-6-13-37-11-4-3-5-12-37/h8-9,15-19,33-34H,3-5,10-14H2,1-2H3. The molecule has 0 bridgehead atoms. The summed E-state index contributed by atoms with van der Waals surface area (Å²) in [5.74, 6) is 6.49. The van der Waals surface area contributed by atoms with Crippen molar-refractivity contribution in [3.8, 4) is 23.1 Å². The van der Waals surface area contributed by atoms with Gasteiger partial charge in [0.05, 0.1) is 28.3 Å². The van der Waals surface area contributed by atoms with Gasteiger partial charge in [0.1, 0.15) is 0 Å². The molecule has 1 fully saturated rings. The number of likely N-dealkylation sites (tertiary alicyclic amines) is 1. The Kier molecular flexibility index (Phi) is 8.35. The Balaban J connectivity index is 1.60. The Morgan fingerprint density at radius 2 is 2.00 bits per heavy atom. The van der Waals surface area contributed by atoms with Gasteiger partial charge >= 0.3 is 0 Å². The summed E-state index contributed by atoms with van der Waals surface area (Å²) in [4.78, 5) is 26.1. The molecule has 0 atom stereocenters. The van der Waals surface area contributed by atoms with Crippen molar-refractivity contribution in [1.82, 2.24) is 25.1 Å². The number of likely N-dealkylation sites (N-methyl/N-ethyl adjacent to an activating group) is 2. The van der Waals surface area contributed by atoms with Gasteiger partial charge in [0.15, 0.2) is 0 Å². The average molecular weight is 593 g/mol. The van der Waals surface area contributed by atoms with Gasteiger partial charge in [0.25, 0.3) is 5.91 Å². The van der Waals surface area contributed by atoms with Crippen LogP contribution in [-0.4, -0.2) is 72.5 Å². The highest BCUT2D eigenvalue weighted by Gasteiger charge is 2.20. The fraction of sp³-hybridized carbons (Fsp3) is 0.333. The molecule has 196 valence electrons. The second kappa shape index (κ2) is 11.9. The molecule has 8 heteroatoms. The number of rotatable bonds is 6. The smallest absolute Gasteiger partial charge is 0.254 e. The molecule has 1 saturated heterocycles. The largest absolute Gasteiger partial charge is 0.360 e. The molecule has 0 aliphatic carbocycles. The maximum Gasteiger partial charge on any atom is 0.254 e. The van der Waals surface area contributed by atoms with Crippen molar-refractivity contribution >= 4 is 55.2 Å². The van der Waals surface area contributed by atoms with Gasteiger partial charge in [-0.1, -0.05) is 45.8 Å². The molecule has 5 rings (SSSR count). The average Bonchev–Trinajstić information content (AvgIpc) is 3.34. The highest BCUT2D eigenvalue weighted by molar-refractivity contribution is 9.10. The van der Waals surface area contributed by atoms with Crippen molar-refractivity contribution in [2.45, 2.75) is 19.3 Å². The first kappa shape index (κ1) is 26.7. The quantitative estimate of drug-likeness (QED) is 0.273. The molecule has 2 aromatic heterocycles. The van der Waals surface area contributed by atoms with E-state index in [1.165, 1.54) is 19.3 Å². The number of benzene rings is 2. The summed E-state index contributed by atoms with van der Waals surface area (Å²) in [6, 6.07) is 11.7. The van der Waals surface area contributed by atoms with Crippen molar-refractivity contribution in [2.75, 3.05) is 46.8 Å². The molecule has 6 nitrogen and oxygen atoms in total. The molecule has 0 radical (unpaired) electrons. The number of fused-ring (bicyclic) bond motifs is 2. The fourth-order valence-corrected chi connectivity index (χ4v) is 5.48. The van der Waals surface area contributed by atoms with Gasteiger partial charge in [-0.05, 0) is 69.4 Å². The molecular weight excluding hydrogens is 562 g/mol. The van der Waals surface area contributed by atoms with Gasteiger partial charge in [-0.15, -0.1) is 0 Å². The second-order valence-electron chi connectivity index (χ2n) is 9.77. The number of nitrogens with one attached hydrogen (secondary N) is 2. The van der Waals surface area contributed by atoms with Crippen LogP contribution in [0.4, 0.5) is 0 Å². The zero-order valence-electron chi connectivity index (χ0n) is 21.7. The van der Waals surface area contributed by atoms with E-state index < -0.39 is 0 Å². The number of aromatic nitrogens is 2. The number of hydrogen-bond acceptors (Lipinski definition) is 4. The van der Waals surface area contributed by atoms with Gasteiger partial charge in [0.2, 0.25) is 0 Å². The van der Waals surface area contributed by atoms with Gasteiger partial charge < -0.3 is 15.2 Å². The molecule has 0 saturated carbocycles. The molecule has 2 aromatic carbocycles. The molecule has 0 spiro atoms. The molecule has 3 heterocycles. The number of amides is 1. The van der Waals surface area contributed by atoms with E-state index >= 15 is 0 Å². The number of H-pyrrole nitrogens is 1. The van der Waals surface area contributed by atoms with E-state index in [2.05, 4.69) is 49.0 Å². The first-order valence-corrected chi connectivity index (χ1v) is 14.1. The Morgan fingerprint density at radius 1 is 1.18 bits per heavy atom. The Hall–Kier alpha value is -2.89.